The van der Waals surface area contributed by atoms with Crippen molar-refractivity contribution in [2.45, 2.75) is 6.92 Å². The number of halogens is 2. The molecule has 0 atom stereocenters. The van der Waals surface area contributed by atoms with Crippen molar-refractivity contribution in [3.8, 4) is 0 Å². The molecule has 0 aromatic carbocycles. The summed E-state index contributed by atoms with van der Waals surface area (Å²) in [5.41, 5.74) is 0. The lowest BCUT2D eigenvalue weighted by molar-refractivity contribution is 0.0733. The van der Waals surface area contributed by atoms with E-state index >= 15 is 0 Å². The minimum atomic E-state index is -3.98. The third kappa shape index (κ3) is 2.28. The zero-order valence-corrected chi connectivity index (χ0v) is 8.48. The van der Waals surface area contributed by atoms with Crippen molar-refractivity contribution in [3.05, 3.63) is 11.0 Å². The summed E-state index contributed by atoms with van der Waals surface area (Å²) >= 11 is 0. The van der Waals surface area contributed by atoms with Gasteiger partial charge in [0.15, 0.2) is 0 Å². The maximum absolute atomic E-state index is 12.1. The van der Waals surface area contributed by atoms with E-state index in [2.05, 4.69) is 0 Å². The second-order valence-electron chi connectivity index (χ2n) is 2.83. The Morgan fingerprint density at radius 3 is 2.21 bits per heavy atom. The van der Waals surface area contributed by atoms with Crippen LogP contribution < -0.4 is 0 Å². The van der Waals surface area contributed by atoms with E-state index in [1.807, 2.05) is 0 Å². The van der Waals surface area contributed by atoms with Crippen LogP contribution in [0.15, 0.2) is 11.0 Å². The summed E-state index contributed by atoms with van der Waals surface area (Å²) in [5, 5.41) is 0. The van der Waals surface area contributed by atoms with Crippen molar-refractivity contribution < 1.29 is 21.9 Å². The SMILES string of the molecule is CC(=C(F)F)S(=O)(=O)N1CCOCC1. The lowest BCUT2D eigenvalue weighted by Gasteiger charge is -2.25. The van der Waals surface area contributed by atoms with E-state index < -0.39 is 21.0 Å². The molecule has 1 heterocycles. The van der Waals surface area contributed by atoms with Crippen LogP contribution in [-0.2, 0) is 14.8 Å². The van der Waals surface area contributed by atoms with E-state index in [4.69, 9.17) is 4.74 Å². The summed E-state index contributed by atoms with van der Waals surface area (Å²) in [6, 6.07) is 0. The fourth-order valence-corrected chi connectivity index (χ4v) is 2.29. The van der Waals surface area contributed by atoms with Gasteiger partial charge in [0.2, 0.25) is 10.0 Å². The van der Waals surface area contributed by atoms with E-state index in [1.54, 1.807) is 0 Å². The van der Waals surface area contributed by atoms with Crippen molar-refractivity contribution in [2.75, 3.05) is 26.3 Å². The minimum Gasteiger partial charge on any atom is -0.379 e. The summed E-state index contributed by atoms with van der Waals surface area (Å²) < 4.78 is 53.1. The molecule has 0 saturated carbocycles. The fourth-order valence-electron chi connectivity index (χ4n) is 1.08. The molecular formula is C7H11F2NO3S. The van der Waals surface area contributed by atoms with Crippen molar-refractivity contribution in [2.24, 2.45) is 0 Å². The van der Waals surface area contributed by atoms with Gasteiger partial charge in [0, 0.05) is 13.1 Å². The van der Waals surface area contributed by atoms with Crippen LogP contribution in [0.4, 0.5) is 8.78 Å². The number of hydrogen-bond donors (Lipinski definition) is 0. The van der Waals surface area contributed by atoms with Crippen molar-refractivity contribution in [3.63, 3.8) is 0 Å². The Balaban J connectivity index is 2.89. The topological polar surface area (TPSA) is 46.6 Å². The maximum Gasteiger partial charge on any atom is 0.285 e. The number of allylic oxidation sites excluding steroid dienone is 1. The van der Waals surface area contributed by atoms with Gasteiger partial charge in [-0.1, -0.05) is 0 Å². The first kappa shape index (κ1) is 11.5. The van der Waals surface area contributed by atoms with Gasteiger partial charge in [-0.2, -0.15) is 13.1 Å². The van der Waals surface area contributed by atoms with Crippen LogP contribution in [0.2, 0.25) is 0 Å². The van der Waals surface area contributed by atoms with Crippen LogP contribution in [0.1, 0.15) is 6.92 Å². The van der Waals surface area contributed by atoms with Gasteiger partial charge >= 0.3 is 0 Å². The number of ether oxygens (including phenoxy) is 1. The minimum absolute atomic E-state index is 0.132. The van der Waals surface area contributed by atoms with Gasteiger partial charge in [-0.3, -0.25) is 0 Å². The first-order valence-electron chi connectivity index (χ1n) is 4.06. The molecule has 0 aromatic rings. The monoisotopic (exact) mass is 227 g/mol. The molecule has 0 amide bonds. The molecule has 1 rings (SSSR count). The van der Waals surface area contributed by atoms with Crippen molar-refractivity contribution in [1.82, 2.24) is 4.31 Å². The largest absolute Gasteiger partial charge is 0.379 e. The predicted molar refractivity (Wildman–Crippen MR) is 46.2 cm³/mol. The predicted octanol–water partition coefficient (Wildman–Crippen LogP) is 0.776. The molecule has 0 N–H and O–H groups in total. The molecule has 1 aliphatic heterocycles. The fraction of sp³-hybridized carbons (Fsp3) is 0.714. The summed E-state index contributed by atoms with van der Waals surface area (Å²) in [4.78, 5) is -0.876. The molecule has 0 unspecified atom stereocenters. The van der Waals surface area contributed by atoms with Gasteiger partial charge in [-0.15, -0.1) is 0 Å². The van der Waals surface area contributed by atoms with E-state index in [0.29, 0.717) is 0 Å². The number of sulfonamides is 1. The Bertz CT molecular complexity index is 329. The smallest absolute Gasteiger partial charge is 0.285 e. The highest BCUT2D eigenvalue weighted by atomic mass is 32.2. The van der Waals surface area contributed by atoms with Gasteiger partial charge in [0.25, 0.3) is 6.08 Å². The summed E-state index contributed by atoms with van der Waals surface area (Å²) in [6.07, 6.45) is -2.16. The van der Waals surface area contributed by atoms with Crippen molar-refractivity contribution >= 4 is 10.0 Å². The quantitative estimate of drug-likeness (QED) is 0.700. The van der Waals surface area contributed by atoms with Crippen LogP contribution in [0.25, 0.3) is 0 Å². The van der Waals surface area contributed by atoms with E-state index in [-0.39, 0.29) is 26.3 Å². The third-order valence-corrected chi connectivity index (χ3v) is 3.94. The Labute approximate surface area is 81.2 Å². The number of hydrogen-bond acceptors (Lipinski definition) is 3. The van der Waals surface area contributed by atoms with E-state index in [0.717, 1.165) is 11.2 Å². The Morgan fingerprint density at radius 2 is 1.79 bits per heavy atom. The number of morpholine rings is 1. The summed E-state index contributed by atoms with van der Waals surface area (Å²) in [5.74, 6) is 0. The Kier molecular flexibility index (Phi) is 3.57. The molecule has 1 aliphatic rings. The lowest BCUT2D eigenvalue weighted by Crippen LogP contribution is -2.40. The summed E-state index contributed by atoms with van der Waals surface area (Å²) in [6.45, 7) is 1.67. The molecular weight excluding hydrogens is 216 g/mol. The van der Waals surface area contributed by atoms with Crippen LogP contribution >= 0.6 is 0 Å². The molecule has 4 nitrogen and oxygen atoms in total. The van der Waals surface area contributed by atoms with Crippen molar-refractivity contribution in [1.29, 1.82) is 0 Å². The molecule has 0 aromatic heterocycles. The highest BCUT2D eigenvalue weighted by molar-refractivity contribution is 7.93. The molecule has 1 saturated heterocycles. The first-order chi connectivity index (χ1) is 6.46. The zero-order valence-electron chi connectivity index (χ0n) is 7.66. The van der Waals surface area contributed by atoms with Crippen LogP contribution in [-0.4, -0.2) is 39.0 Å². The Hall–Kier alpha value is -0.530. The molecule has 82 valence electrons. The summed E-state index contributed by atoms with van der Waals surface area (Å²) in [7, 11) is -3.98. The normalized spacial score (nSPS) is 19.4. The van der Waals surface area contributed by atoms with Gasteiger partial charge in [0.05, 0.1) is 13.2 Å². The van der Waals surface area contributed by atoms with Gasteiger partial charge < -0.3 is 4.74 Å². The average molecular weight is 227 g/mol. The molecule has 7 heteroatoms. The Morgan fingerprint density at radius 1 is 1.29 bits per heavy atom. The van der Waals surface area contributed by atoms with Gasteiger partial charge in [0.1, 0.15) is 4.91 Å². The van der Waals surface area contributed by atoms with E-state index in [9.17, 15) is 17.2 Å². The van der Waals surface area contributed by atoms with Crippen LogP contribution in [0.3, 0.4) is 0 Å². The standard InChI is InChI=1S/C7H11F2NO3S/c1-6(7(8)9)14(11,12)10-2-4-13-5-3-10/h2-5H2,1H3. The second-order valence-corrected chi connectivity index (χ2v) is 4.91. The van der Waals surface area contributed by atoms with Gasteiger partial charge in [-0.05, 0) is 6.92 Å². The average Bonchev–Trinajstić information content (AvgIpc) is 2.18. The zero-order chi connectivity index (χ0) is 10.8. The van der Waals surface area contributed by atoms with Crippen LogP contribution in [0.5, 0.6) is 0 Å². The highest BCUT2D eigenvalue weighted by Crippen LogP contribution is 2.19. The highest BCUT2D eigenvalue weighted by Gasteiger charge is 2.28. The van der Waals surface area contributed by atoms with E-state index in [1.165, 1.54) is 0 Å². The van der Waals surface area contributed by atoms with Gasteiger partial charge in [-0.25, -0.2) is 8.42 Å². The molecule has 0 bridgehead atoms. The molecule has 0 radical (unpaired) electrons. The molecule has 1 fully saturated rings. The number of nitrogens with zero attached hydrogens (tertiary/aromatic N) is 1. The molecule has 0 spiro atoms. The third-order valence-electron chi connectivity index (χ3n) is 1.96. The molecule has 14 heavy (non-hydrogen) atoms. The first-order valence-corrected chi connectivity index (χ1v) is 5.50. The second kappa shape index (κ2) is 4.33. The number of rotatable bonds is 2. The van der Waals surface area contributed by atoms with Crippen LogP contribution in [0, 0.1) is 0 Å². The molecule has 0 aliphatic carbocycles. The lowest BCUT2D eigenvalue weighted by atomic mass is 10.5. The maximum atomic E-state index is 12.1.